The first-order chi connectivity index (χ1) is 14.9. The number of benzodiazepines with no additional fused rings is 1. The number of hydrogen-bond acceptors (Lipinski definition) is 3. The van der Waals surface area contributed by atoms with Crippen LogP contribution in [0.25, 0.3) is 0 Å². The van der Waals surface area contributed by atoms with E-state index in [1.54, 1.807) is 19.1 Å². The lowest BCUT2D eigenvalue weighted by Crippen LogP contribution is -2.36. The molecule has 3 aromatic carbocycles. The summed E-state index contributed by atoms with van der Waals surface area (Å²) in [6.07, 6.45) is 0.545. The highest BCUT2D eigenvalue weighted by Gasteiger charge is 2.31. The van der Waals surface area contributed by atoms with E-state index in [0.29, 0.717) is 11.4 Å². The highest BCUT2D eigenvalue weighted by molar-refractivity contribution is 6.32. The molecule has 0 aromatic heterocycles. The van der Waals surface area contributed by atoms with Crippen molar-refractivity contribution >= 4 is 28.9 Å². The first-order valence-electron chi connectivity index (χ1n) is 10.2. The summed E-state index contributed by atoms with van der Waals surface area (Å²) in [5.41, 5.74) is 6.82. The smallest absolute Gasteiger partial charge is 0.251 e. The topological polar surface area (TPSA) is 41.9 Å². The molecular formula is C26H25ClN2O2. The third-order valence-electron chi connectivity index (χ3n) is 5.88. The van der Waals surface area contributed by atoms with Gasteiger partial charge in [-0.3, -0.25) is 9.79 Å². The molecular weight excluding hydrogens is 408 g/mol. The molecule has 0 bridgehead atoms. The number of hydrogen-bond donors (Lipinski definition) is 0. The van der Waals surface area contributed by atoms with E-state index >= 15 is 0 Å². The third kappa shape index (κ3) is 4.08. The minimum atomic E-state index is -0.534. The number of ether oxygens (including phenoxy) is 1. The monoisotopic (exact) mass is 432 g/mol. The van der Waals surface area contributed by atoms with Crippen LogP contribution in [0.5, 0.6) is 5.75 Å². The SMILES string of the molecule is COc1ccc(C2=NC(Cc3c(C)cccc3C)C(=O)N(C)c3ccc(Cl)cc32)cc1. The summed E-state index contributed by atoms with van der Waals surface area (Å²) >= 11 is 6.34. The maximum Gasteiger partial charge on any atom is 0.251 e. The van der Waals surface area contributed by atoms with Crippen LogP contribution in [0.1, 0.15) is 27.8 Å². The van der Waals surface area contributed by atoms with Crippen molar-refractivity contribution in [2.75, 3.05) is 19.1 Å². The molecule has 5 heteroatoms. The standard InChI is InChI=1S/C26H25ClN2O2/c1-16-6-5-7-17(2)21(16)15-23-26(30)29(3)24-13-10-19(27)14-22(24)25(28-23)18-8-11-20(31-4)12-9-18/h5-14,23H,15H2,1-4H3. The molecule has 4 nitrogen and oxygen atoms in total. The van der Waals surface area contributed by atoms with Crippen molar-refractivity contribution in [3.63, 3.8) is 0 Å². The number of nitrogens with zero attached hydrogens (tertiary/aromatic N) is 2. The number of anilines is 1. The van der Waals surface area contributed by atoms with Gasteiger partial charge in [0.25, 0.3) is 5.91 Å². The molecule has 1 amide bonds. The predicted octanol–water partition coefficient (Wildman–Crippen LogP) is 5.39. The van der Waals surface area contributed by atoms with Crippen LogP contribution in [0.3, 0.4) is 0 Å². The molecule has 0 saturated heterocycles. The first-order valence-corrected chi connectivity index (χ1v) is 10.6. The molecule has 0 radical (unpaired) electrons. The fourth-order valence-electron chi connectivity index (χ4n) is 4.09. The molecule has 31 heavy (non-hydrogen) atoms. The molecule has 0 spiro atoms. The van der Waals surface area contributed by atoms with Crippen LogP contribution in [0.4, 0.5) is 5.69 Å². The Kier molecular flexibility index (Phi) is 5.84. The van der Waals surface area contributed by atoms with Crippen molar-refractivity contribution in [1.82, 2.24) is 0 Å². The number of halogens is 1. The van der Waals surface area contributed by atoms with E-state index in [-0.39, 0.29) is 5.91 Å². The minimum Gasteiger partial charge on any atom is -0.497 e. The molecule has 3 aromatic rings. The Labute approximate surface area is 188 Å². The zero-order chi connectivity index (χ0) is 22.1. The van der Waals surface area contributed by atoms with Crippen molar-refractivity contribution in [2.45, 2.75) is 26.3 Å². The number of aryl methyl sites for hydroxylation is 2. The van der Waals surface area contributed by atoms with Crippen molar-refractivity contribution in [1.29, 1.82) is 0 Å². The van der Waals surface area contributed by atoms with Gasteiger partial charge in [0.2, 0.25) is 0 Å². The number of fused-ring (bicyclic) bond motifs is 1. The zero-order valence-corrected chi connectivity index (χ0v) is 18.9. The summed E-state index contributed by atoms with van der Waals surface area (Å²) < 4.78 is 5.31. The normalized spacial score (nSPS) is 15.9. The summed E-state index contributed by atoms with van der Waals surface area (Å²) in [4.78, 5) is 20.2. The van der Waals surface area contributed by atoms with Gasteiger partial charge >= 0.3 is 0 Å². The van der Waals surface area contributed by atoms with Gasteiger partial charge in [0.15, 0.2) is 0 Å². The zero-order valence-electron chi connectivity index (χ0n) is 18.1. The Balaban J connectivity index is 1.88. The highest BCUT2D eigenvalue weighted by atomic mass is 35.5. The van der Waals surface area contributed by atoms with Gasteiger partial charge in [0.1, 0.15) is 11.8 Å². The van der Waals surface area contributed by atoms with Crippen molar-refractivity contribution in [3.05, 3.63) is 93.5 Å². The van der Waals surface area contributed by atoms with Crippen molar-refractivity contribution in [3.8, 4) is 5.75 Å². The molecule has 1 unspecified atom stereocenters. The van der Waals surface area contributed by atoms with Crippen molar-refractivity contribution in [2.24, 2.45) is 4.99 Å². The number of aliphatic imine (C=N–C) groups is 1. The maximum atomic E-state index is 13.5. The van der Waals surface area contributed by atoms with Gasteiger partial charge in [0.05, 0.1) is 18.5 Å². The fraction of sp³-hybridized carbons (Fsp3) is 0.231. The second-order valence-electron chi connectivity index (χ2n) is 7.86. The highest BCUT2D eigenvalue weighted by Crippen LogP contribution is 2.32. The molecule has 1 aliphatic heterocycles. The number of carbonyl (C=O) groups excluding carboxylic acids is 1. The van der Waals surface area contributed by atoms with Crippen LogP contribution >= 0.6 is 11.6 Å². The molecule has 4 rings (SSSR count). The molecule has 1 aliphatic rings. The second kappa shape index (κ2) is 8.56. The van der Waals surface area contributed by atoms with Gasteiger partial charge < -0.3 is 9.64 Å². The number of amides is 1. The van der Waals surface area contributed by atoms with Crippen LogP contribution in [-0.4, -0.2) is 31.8 Å². The van der Waals surface area contributed by atoms with E-state index in [4.69, 9.17) is 21.3 Å². The molecule has 1 atom stereocenters. The van der Waals surface area contributed by atoms with Crippen LogP contribution < -0.4 is 9.64 Å². The Morgan fingerprint density at radius 2 is 1.71 bits per heavy atom. The van der Waals surface area contributed by atoms with Gasteiger partial charge in [-0.05, 0) is 73.0 Å². The number of rotatable bonds is 4. The van der Waals surface area contributed by atoms with Crippen LogP contribution in [0.15, 0.2) is 65.7 Å². The van der Waals surface area contributed by atoms with E-state index in [0.717, 1.165) is 33.8 Å². The Morgan fingerprint density at radius 1 is 1.03 bits per heavy atom. The summed E-state index contributed by atoms with van der Waals surface area (Å²) in [5, 5.41) is 0.606. The maximum absolute atomic E-state index is 13.5. The van der Waals surface area contributed by atoms with Gasteiger partial charge in [-0.1, -0.05) is 29.8 Å². The van der Waals surface area contributed by atoms with Gasteiger partial charge in [-0.25, -0.2) is 0 Å². The van der Waals surface area contributed by atoms with Gasteiger partial charge in [0, 0.05) is 29.6 Å². The lowest BCUT2D eigenvalue weighted by atomic mass is 9.96. The average molecular weight is 433 g/mol. The first kappa shape index (κ1) is 21.1. The van der Waals surface area contributed by atoms with Crippen LogP contribution in [0, 0.1) is 13.8 Å². The van der Waals surface area contributed by atoms with Crippen molar-refractivity contribution < 1.29 is 9.53 Å². The number of methoxy groups -OCH3 is 1. The molecule has 0 N–H and O–H groups in total. The van der Waals surface area contributed by atoms with Crippen LogP contribution in [-0.2, 0) is 11.2 Å². The Hall–Kier alpha value is -3.11. The lowest BCUT2D eigenvalue weighted by molar-refractivity contribution is -0.119. The summed E-state index contributed by atoms with van der Waals surface area (Å²) in [5.74, 6) is 0.735. The minimum absolute atomic E-state index is 0.0327. The predicted molar refractivity (Wildman–Crippen MR) is 127 cm³/mol. The van der Waals surface area contributed by atoms with E-state index < -0.39 is 6.04 Å². The molecule has 0 aliphatic carbocycles. The second-order valence-corrected chi connectivity index (χ2v) is 8.29. The molecule has 1 heterocycles. The lowest BCUT2D eigenvalue weighted by Gasteiger charge is -2.21. The quantitative estimate of drug-likeness (QED) is 0.554. The van der Waals surface area contributed by atoms with E-state index in [1.165, 1.54) is 11.1 Å². The summed E-state index contributed by atoms with van der Waals surface area (Å²) in [6.45, 7) is 4.16. The van der Waals surface area contributed by atoms with E-state index in [1.807, 2.05) is 48.5 Å². The number of carbonyl (C=O) groups is 1. The fourth-order valence-corrected chi connectivity index (χ4v) is 4.26. The molecule has 0 saturated carbocycles. The Morgan fingerprint density at radius 3 is 2.35 bits per heavy atom. The Bertz CT molecular complexity index is 1150. The summed E-state index contributed by atoms with van der Waals surface area (Å²) in [7, 11) is 3.45. The molecule has 158 valence electrons. The molecule has 0 fully saturated rings. The van der Waals surface area contributed by atoms with Crippen LogP contribution in [0.2, 0.25) is 5.02 Å². The van der Waals surface area contributed by atoms with E-state index in [9.17, 15) is 4.79 Å². The van der Waals surface area contributed by atoms with Gasteiger partial charge in [-0.2, -0.15) is 0 Å². The van der Waals surface area contributed by atoms with Gasteiger partial charge in [-0.15, -0.1) is 0 Å². The summed E-state index contributed by atoms with van der Waals surface area (Å²) in [6, 6.07) is 19.0. The third-order valence-corrected chi connectivity index (χ3v) is 6.12. The number of likely N-dealkylation sites (N-methyl/N-ethyl adjacent to an activating group) is 1. The average Bonchev–Trinajstić information content (AvgIpc) is 2.86. The number of benzene rings is 3. The van der Waals surface area contributed by atoms with E-state index in [2.05, 4.69) is 26.0 Å². The largest absolute Gasteiger partial charge is 0.497 e.